The first-order valence-corrected chi connectivity index (χ1v) is 7.28. The Kier molecular flexibility index (Phi) is 4.55. The minimum Gasteiger partial charge on any atom is -0.348 e. The standard InChI is InChI=1S/C14H21N3S/c1-11(2)6-15-7-13-4-5-17(8-13)9-14-10-18-12(3)16-14/h4-5,8,10-11,15H,6-7,9H2,1-3H3. The van der Waals surface area contributed by atoms with E-state index in [9.17, 15) is 0 Å². The zero-order chi connectivity index (χ0) is 13.0. The van der Waals surface area contributed by atoms with Crippen molar-refractivity contribution in [3.63, 3.8) is 0 Å². The highest BCUT2D eigenvalue weighted by molar-refractivity contribution is 7.09. The molecule has 3 nitrogen and oxygen atoms in total. The number of hydrogen-bond acceptors (Lipinski definition) is 3. The van der Waals surface area contributed by atoms with Crippen molar-refractivity contribution in [2.24, 2.45) is 5.92 Å². The first-order chi connectivity index (χ1) is 8.63. The average molecular weight is 263 g/mol. The van der Waals surface area contributed by atoms with Crippen molar-refractivity contribution in [3.8, 4) is 0 Å². The Labute approximate surface area is 113 Å². The number of rotatable bonds is 6. The second-order valence-corrected chi connectivity index (χ2v) is 6.14. The van der Waals surface area contributed by atoms with Gasteiger partial charge in [0.25, 0.3) is 0 Å². The van der Waals surface area contributed by atoms with Crippen LogP contribution in [-0.2, 0) is 13.1 Å². The Morgan fingerprint density at radius 2 is 2.28 bits per heavy atom. The quantitative estimate of drug-likeness (QED) is 0.868. The van der Waals surface area contributed by atoms with Gasteiger partial charge in [0.05, 0.1) is 17.2 Å². The molecule has 2 aromatic rings. The van der Waals surface area contributed by atoms with E-state index in [0.29, 0.717) is 5.92 Å². The lowest BCUT2D eigenvalue weighted by Gasteiger charge is -2.05. The second-order valence-electron chi connectivity index (χ2n) is 5.07. The average Bonchev–Trinajstić information content (AvgIpc) is 2.89. The summed E-state index contributed by atoms with van der Waals surface area (Å²) >= 11 is 1.71. The van der Waals surface area contributed by atoms with Crippen LogP contribution in [0.4, 0.5) is 0 Å². The molecular weight excluding hydrogens is 242 g/mol. The van der Waals surface area contributed by atoms with Crippen molar-refractivity contribution in [1.29, 1.82) is 0 Å². The van der Waals surface area contributed by atoms with Crippen LogP contribution in [0, 0.1) is 12.8 Å². The van der Waals surface area contributed by atoms with Gasteiger partial charge in [0.2, 0.25) is 0 Å². The van der Waals surface area contributed by atoms with E-state index in [2.05, 4.69) is 52.6 Å². The van der Waals surface area contributed by atoms with Gasteiger partial charge in [-0.2, -0.15) is 0 Å². The van der Waals surface area contributed by atoms with Gasteiger partial charge in [0, 0.05) is 24.3 Å². The van der Waals surface area contributed by atoms with Crippen molar-refractivity contribution in [1.82, 2.24) is 14.9 Å². The predicted molar refractivity (Wildman–Crippen MR) is 76.9 cm³/mol. The third kappa shape index (κ3) is 3.96. The molecule has 98 valence electrons. The van der Waals surface area contributed by atoms with Gasteiger partial charge in [-0.1, -0.05) is 13.8 Å². The Bertz CT molecular complexity index is 485. The summed E-state index contributed by atoms with van der Waals surface area (Å²) in [5, 5.41) is 6.72. The normalized spacial score (nSPS) is 11.3. The molecular formula is C14H21N3S. The summed E-state index contributed by atoms with van der Waals surface area (Å²) < 4.78 is 2.20. The summed E-state index contributed by atoms with van der Waals surface area (Å²) in [4.78, 5) is 4.48. The molecule has 0 aliphatic heterocycles. The van der Waals surface area contributed by atoms with Crippen LogP contribution in [-0.4, -0.2) is 16.1 Å². The van der Waals surface area contributed by atoms with Crippen LogP contribution in [0.15, 0.2) is 23.8 Å². The van der Waals surface area contributed by atoms with Crippen molar-refractivity contribution in [2.45, 2.75) is 33.9 Å². The summed E-state index contributed by atoms with van der Waals surface area (Å²) in [5.41, 5.74) is 2.48. The first kappa shape index (κ1) is 13.3. The number of nitrogens with one attached hydrogen (secondary N) is 1. The Morgan fingerprint density at radius 1 is 1.44 bits per heavy atom. The number of nitrogens with zero attached hydrogens (tertiary/aromatic N) is 2. The van der Waals surface area contributed by atoms with E-state index in [1.165, 1.54) is 5.56 Å². The largest absolute Gasteiger partial charge is 0.348 e. The molecule has 2 rings (SSSR count). The van der Waals surface area contributed by atoms with E-state index in [0.717, 1.165) is 30.3 Å². The van der Waals surface area contributed by atoms with Crippen LogP contribution in [0.1, 0.15) is 30.1 Å². The fourth-order valence-electron chi connectivity index (χ4n) is 1.87. The van der Waals surface area contributed by atoms with Crippen LogP contribution in [0.3, 0.4) is 0 Å². The van der Waals surface area contributed by atoms with E-state index >= 15 is 0 Å². The van der Waals surface area contributed by atoms with Gasteiger partial charge in [0.15, 0.2) is 0 Å². The Morgan fingerprint density at radius 3 is 2.94 bits per heavy atom. The number of aromatic nitrogens is 2. The molecule has 2 heterocycles. The van der Waals surface area contributed by atoms with E-state index in [1.807, 2.05) is 6.92 Å². The molecule has 0 radical (unpaired) electrons. The van der Waals surface area contributed by atoms with Gasteiger partial charge < -0.3 is 9.88 Å². The van der Waals surface area contributed by atoms with Gasteiger partial charge in [-0.15, -0.1) is 11.3 Å². The zero-order valence-corrected chi connectivity index (χ0v) is 12.1. The van der Waals surface area contributed by atoms with Crippen LogP contribution >= 0.6 is 11.3 Å². The molecule has 0 spiro atoms. The third-order valence-electron chi connectivity index (χ3n) is 2.70. The molecule has 0 saturated carbocycles. The lowest BCUT2D eigenvalue weighted by atomic mass is 10.2. The van der Waals surface area contributed by atoms with Crippen molar-refractivity contribution in [2.75, 3.05) is 6.54 Å². The fourth-order valence-corrected chi connectivity index (χ4v) is 2.47. The summed E-state index contributed by atoms with van der Waals surface area (Å²) in [6.45, 7) is 9.38. The smallest absolute Gasteiger partial charge is 0.0898 e. The SMILES string of the molecule is Cc1nc(Cn2ccc(CNCC(C)C)c2)cs1. The van der Waals surface area contributed by atoms with Crippen molar-refractivity contribution in [3.05, 3.63) is 40.1 Å². The summed E-state index contributed by atoms with van der Waals surface area (Å²) in [7, 11) is 0. The highest BCUT2D eigenvalue weighted by Gasteiger charge is 2.01. The molecule has 0 saturated heterocycles. The van der Waals surface area contributed by atoms with E-state index in [-0.39, 0.29) is 0 Å². The molecule has 2 aromatic heterocycles. The van der Waals surface area contributed by atoms with E-state index in [1.54, 1.807) is 11.3 Å². The molecule has 0 aliphatic carbocycles. The van der Waals surface area contributed by atoms with Gasteiger partial charge in [-0.3, -0.25) is 0 Å². The minimum absolute atomic E-state index is 0.699. The Balaban J connectivity index is 1.86. The van der Waals surface area contributed by atoms with Crippen molar-refractivity contribution >= 4 is 11.3 Å². The van der Waals surface area contributed by atoms with Gasteiger partial charge in [0.1, 0.15) is 0 Å². The lowest BCUT2D eigenvalue weighted by molar-refractivity contribution is 0.552. The summed E-state index contributed by atoms with van der Waals surface area (Å²) in [6, 6.07) is 2.17. The maximum absolute atomic E-state index is 4.48. The maximum atomic E-state index is 4.48. The summed E-state index contributed by atoms with van der Waals surface area (Å²) in [6.07, 6.45) is 4.32. The maximum Gasteiger partial charge on any atom is 0.0898 e. The molecule has 0 bridgehead atoms. The summed E-state index contributed by atoms with van der Waals surface area (Å²) in [5.74, 6) is 0.699. The number of hydrogen-bond donors (Lipinski definition) is 1. The highest BCUT2D eigenvalue weighted by atomic mass is 32.1. The second kappa shape index (κ2) is 6.16. The molecule has 0 aromatic carbocycles. The molecule has 1 N–H and O–H groups in total. The first-order valence-electron chi connectivity index (χ1n) is 6.40. The van der Waals surface area contributed by atoms with Gasteiger partial charge >= 0.3 is 0 Å². The van der Waals surface area contributed by atoms with Crippen molar-refractivity contribution < 1.29 is 0 Å². The molecule has 0 aliphatic rings. The third-order valence-corrected chi connectivity index (χ3v) is 3.53. The van der Waals surface area contributed by atoms with Crippen LogP contribution < -0.4 is 5.32 Å². The molecule has 0 fully saturated rings. The number of aryl methyl sites for hydroxylation is 1. The van der Waals surface area contributed by atoms with Crippen LogP contribution in [0.2, 0.25) is 0 Å². The topological polar surface area (TPSA) is 29.9 Å². The van der Waals surface area contributed by atoms with E-state index < -0.39 is 0 Å². The molecule has 4 heteroatoms. The predicted octanol–water partition coefficient (Wildman–Crippen LogP) is 3.05. The monoisotopic (exact) mass is 263 g/mol. The van der Waals surface area contributed by atoms with E-state index in [4.69, 9.17) is 0 Å². The molecule has 0 amide bonds. The van der Waals surface area contributed by atoms with Crippen LogP contribution in [0.25, 0.3) is 0 Å². The zero-order valence-electron chi connectivity index (χ0n) is 11.3. The molecule has 18 heavy (non-hydrogen) atoms. The Hall–Kier alpha value is -1.13. The van der Waals surface area contributed by atoms with Gasteiger partial charge in [-0.25, -0.2) is 4.98 Å². The van der Waals surface area contributed by atoms with Crippen LogP contribution in [0.5, 0.6) is 0 Å². The van der Waals surface area contributed by atoms with Gasteiger partial charge in [-0.05, 0) is 31.0 Å². The fraction of sp³-hybridized carbons (Fsp3) is 0.500. The molecule has 0 atom stereocenters. The number of thiazole rings is 1. The lowest BCUT2D eigenvalue weighted by Crippen LogP contribution is -2.18. The molecule has 0 unspecified atom stereocenters. The minimum atomic E-state index is 0.699. The highest BCUT2D eigenvalue weighted by Crippen LogP contribution is 2.10.